The molecule has 1 fully saturated rings. The van der Waals surface area contributed by atoms with Crippen LogP contribution in [0.15, 0.2) is 30.3 Å². The number of amides is 1. The first-order chi connectivity index (χ1) is 9.88. The number of hydrogen-bond donors (Lipinski definition) is 0. The van der Waals surface area contributed by atoms with Crippen LogP contribution in [-0.4, -0.2) is 37.5 Å². The Bertz CT molecular complexity index is 512. The van der Waals surface area contributed by atoms with Gasteiger partial charge in [-0.2, -0.15) is 0 Å². The molecular formula is C15H21NO4Si. The molecule has 0 bridgehead atoms. The quantitative estimate of drug-likeness (QED) is 0.634. The Kier molecular flexibility index (Phi) is 4.67. The number of ether oxygens (including phenoxy) is 2. The Labute approximate surface area is 125 Å². The molecule has 1 aromatic carbocycles. The fourth-order valence-corrected chi connectivity index (χ4v) is 3.90. The zero-order valence-corrected chi connectivity index (χ0v) is 13.7. The molecule has 0 saturated carbocycles. The first kappa shape index (κ1) is 15.6. The molecule has 5 nitrogen and oxygen atoms in total. The van der Waals surface area contributed by atoms with E-state index in [1.165, 1.54) is 0 Å². The first-order valence-electron chi connectivity index (χ1n) is 7.07. The Morgan fingerprint density at radius 1 is 1.29 bits per heavy atom. The summed E-state index contributed by atoms with van der Waals surface area (Å²) in [5.41, 5.74) is 0.885. The minimum Gasteiger partial charge on any atom is -0.429 e. The Morgan fingerprint density at radius 3 is 2.52 bits per heavy atom. The van der Waals surface area contributed by atoms with E-state index in [0.29, 0.717) is 13.0 Å². The number of carbonyl (C=O) groups excluding carboxylic acids is 2. The Hall–Kier alpha value is -1.82. The molecule has 0 aliphatic carbocycles. The van der Waals surface area contributed by atoms with E-state index in [2.05, 4.69) is 19.6 Å². The monoisotopic (exact) mass is 307 g/mol. The van der Waals surface area contributed by atoms with Crippen molar-refractivity contribution in [2.75, 3.05) is 6.54 Å². The maximum absolute atomic E-state index is 12.2. The summed E-state index contributed by atoms with van der Waals surface area (Å²) in [5.74, 6) is -0.0918. The third kappa shape index (κ3) is 4.07. The van der Waals surface area contributed by atoms with Crippen LogP contribution in [0.4, 0.5) is 4.79 Å². The third-order valence-corrected chi connectivity index (χ3v) is 5.47. The molecule has 1 aromatic rings. The van der Waals surface area contributed by atoms with Gasteiger partial charge < -0.3 is 14.0 Å². The van der Waals surface area contributed by atoms with Crippen molar-refractivity contribution in [3.05, 3.63) is 35.9 Å². The van der Waals surface area contributed by atoms with Gasteiger partial charge in [0.2, 0.25) is 0 Å². The normalized spacial score (nSPS) is 18.7. The number of carbonyl (C=O) groups is 2. The molecule has 1 aliphatic rings. The van der Waals surface area contributed by atoms with Crippen LogP contribution in [0.25, 0.3) is 0 Å². The molecule has 1 amide bonds. The summed E-state index contributed by atoms with van der Waals surface area (Å²) in [6.45, 7) is 7.10. The van der Waals surface area contributed by atoms with Gasteiger partial charge in [0, 0.05) is 13.0 Å². The molecule has 1 heterocycles. The van der Waals surface area contributed by atoms with Gasteiger partial charge in [-0.05, 0) is 5.56 Å². The van der Waals surface area contributed by atoms with Crippen molar-refractivity contribution in [2.45, 2.75) is 38.8 Å². The van der Waals surface area contributed by atoms with Gasteiger partial charge in [0.15, 0.2) is 14.3 Å². The number of rotatable bonds is 4. The maximum Gasteiger partial charge on any atom is 0.509 e. The fourth-order valence-electron chi connectivity index (χ4n) is 2.30. The van der Waals surface area contributed by atoms with Crippen LogP contribution < -0.4 is 0 Å². The Morgan fingerprint density at radius 2 is 1.95 bits per heavy atom. The molecule has 1 saturated heterocycles. The van der Waals surface area contributed by atoms with E-state index in [4.69, 9.17) is 9.47 Å². The second kappa shape index (κ2) is 6.30. The number of hydrogen-bond acceptors (Lipinski definition) is 4. The molecule has 114 valence electrons. The van der Waals surface area contributed by atoms with Gasteiger partial charge in [-0.25, -0.2) is 4.79 Å². The minimum atomic E-state index is -1.70. The van der Waals surface area contributed by atoms with Crippen LogP contribution in [0.5, 0.6) is 0 Å². The molecule has 1 aliphatic heterocycles. The van der Waals surface area contributed by atoms with Crippen LogP contribution in [-0.2, 0) is 20.9 Å². The van der Waals surface area contributed by atoms with Crippen molar-refractivity contribution in [2.24, 2.45) is 0 Å². The van der Waals surface area contributed by atoms with E-state index >= 15 is 0 Å². The predicted octanol–water partition coefficient (Wildman–Crippen LogP) is 2.78. The van der Waals surface area contributed by atoms with E-state index < -0.39 is 20.5 Å². The van der Waals surface area contributed by atoms with Crippen molar-refractivity contribution in [3.8, 4) is 0 Å². The molecule has 2 rings (SSSR count). The van der Waals surface area contributed by atoms with Crippen LogP contribution in [0.2, 0.25) is 19.6 Å². The van der Waals surface area contributed by atoms with Crippen molar-refractivity contribution in [1.29, 1.82) is 0 Å². The topological polar surface area (TPSA) is 55.8 Å². The lowest BCUT2D eigenvalue weighted by atomic mass is 10.2. The number of nitrogens with zero attached hydrogens (tertiary/aromatic N) is 1. The molecule has 0 aromatic heterocycles. The molecule has 0 radical (unpaired) electrons. The van der Waals surface area contributed by atoms with Gasteiger partial charge in [0.25, 0.3) is 5.91 Å². The van der Waals surface area contributed by atoms with Crippen LogP contribution >= 0.6 is 0 Å². The van der Waals surface area contributed by atoms with E-state index in [9.17, 15) is 9.59 Å². The molecule has 21 heavy (non-hydrogen) atoms. The summed E-state index contributed by atoms with van der Waals surface area (Å²) < 4.78 is 12.0. The second-order valence-electron chi connectivity index (χ2n) is 6.08. The standard InChI is InChI=1S/C15H21NO4Si/c1-21(2,3)16-10-9-13(14(16)17)20-15(18)19-11-12-7-5-4-6-8-12/h4-8,13H,9-11H2,1-3H3/t13-/m1/s1. The van der Waals surface area contributed by atoms with E-state index in [1.807, 2.05) is 34.9 Å². The van der Waals surface area contributed by atoms with Gasteiger partial charge in [-0.15, -0.1) is 0 Å². The van der Waals surface area contributed by atoms with Crippen LogP contribution in [0.1, 0.15) is 12.0 Å². The fraction of sp³-hybridized carbons (Fsp3) is 0.467. The van der Waals surface area contributed by atoms with Gasteiger partial charge in [0.1, 0.15) is 6.61 Å². The van der Waals surface area contributed by atoms with Crippen molar-refractivity contribution < 1.29 is 19.1 Å². The minimum absolute atomic E-state index is 0.0918. The van der Waals surface area contributed by atoms with E-state index in [0.717, 1.165) is 5.56 Å². The summed E-state index contributed by atoms with van der Waals surface area (Å²) in [4.78, 5) is 23.9. The predicted molar refractivity (Wildman–Crippen MR) is 81.2 cm³/mol. The van der Waals surface area contributed by atoms with Crippen molar-refractivity contribution >= 4 is 20.3 Å². The molecule has 1 atom stereocenters. The summed E-state index contributed by atoms with van der Waals surface area (Å²) >= 11 is 0. The summed E-state index contributed by atoms with van der Waals surface area (Å²) in [7, 11) is -1.70. The highest BCUT2D eigenvalue weighted by molar-refractivity contribution is 6.75. The van der Waals surface area contributed by atoms with Crippen molar-refractivity contribution in [3.63, 3.8) is 0 Å². The summed E-state index contributed by atoms with van der Waals surface area (Å²) in [5, 5.41) is 0. The first-order valence-corrected chi connectivity index (χ1v) is 10.5. The lowest BCUT2D eigenvalue weighted by Gasteiger charge is -2.29. The van der Waals surface area contributed by atoms with Gasteiger partial charge in [0.05, 0.1) is 0 Å². The highest BCUT2D eigenvalue weighted by atomic mass is 28.3. The molecule has 0 unspecified atom stereocenters. The van der Waals surface area contributed by atoms with Gasteiger partial charge in [-0.1, -0.05) is 50.0 Å². The lowest BCUT2D eigenvalue weighted by Crippen LogP contribution is -2.48. The highest BCUT2D eigenvalue weighted by Gasteiger charge is 2.40. The van der Waals surface area contributed by atoms with Gasteiger partial charge in [-0.3, -0.25) is 4.79 Å². The Balaban J connectivity index is 1.82. The van der Waals surface area contributed by atoms with Crippen molar-refractivity contribution in [1.82, 2.24) is 4.57 Å². The SMILES string of the molecule is C[Si](C)(C)N1CC[C@@H](OC(=O)OCc2ccccc2)C1=O. The average molecular weight is 307 g/mol. The summed E-state index contributed by atoms with van der Waals surface area (Å²) in [6, 6.07) is 9.36. The largest absolute Gasteiger partial charge is 0.509 e. The number of benzene rings is 1. The maximum atomic E-state index is 12.2. The molecule has 0 spiro atoms. The zero-order chi connectivity index (χ0) is 15.5. The smallest absolute Gasteiger partial charge is 0.429 e. The summed E-state index contributed by atoms with van der Waals surface area (Å²) in [6.07, 6.45) is -0.932. The molecule has 6 heteroatoms. The average Bonchev–Trinajstić information content (AvgIpc) is 2.79. The van der Waals surface area contributed by atoms with E-state index in [-0.39, 0.29) is 12.5 Å². The highest BCUT2D eigenvalue weighted by Crippen LogP contribution is 2.22. The third-order valence-electron chi connectivity index (χ3n) is 3.40. The van der Waals surface area contributed by atoms with Crippen LogP contribution in [0.3, 0.4) is 0 Å². The molecular weight excluding hydrogens is 286 g/mol. The van der Waals surface area contributed by atoms with Crippen LogP contribution in [0, 0.1) is 0 Å². The zero-order valence-electron chi connectivity index (χ0n) is 12.7. The van der Waals surface area contributed by atoms with Gasteiger partial charge >= 0.3 is 6.16 Å². The van der Waals surface area contributed by atoms with E-state index in [1.54, 1.807) is 0 Å². The lowest BCUT2D eigenvalue weighted by molar-refractivity contribution is -0.132. The second-order valence-corrected chi connectivity index (χ2v) is 11.0. The molecule has 0 N–H and O–H groups in total.